The molecule has 292 valence electrons. The monoisotopic (exact) mass is 768 g/mol. The number of benzene rings is 4. The number of hydrogen-bond acceptors (Lipinski definition) is 10. The number of ether oxygens (including phenoxy) is 6. The van der Waals surface area contributed by atoms with Crippen molar-refractivity contribution < 1.29 is 38.0 Å². The van der Waals surface area contributed by atoms with Crippen molar-refractivity contribution in [3.8, 4) is 34.5 Å². The van der Waals surface area contributed by atoms with Crippen molar-refractivity contribution in [3.63, 3.8) is 0 Å². The molecule has 4 aliphatic rings. The molecule has 0 aromatic heterocycles. The van der Waals surface area contributed by atoms with Crippen LogP contribution in [0.4, 0.5) is 11.4 Å². The van der Waals surface area contributed by atoms with Gasteiger partial charge in [0.25, 0.3) is 11.8 Å². The zero-order valence-electron chi connectivity index (χ0n) is 32.4. The van der Waals surface area contributed by atoms with Crippen molar-refractivity contribution in [2.75, 3.05) is 46.6 Å². The normalized spacial score (nSPS) is 17.6. The summed E-state index contributed by atoms with van der Waals surface area (Å²) in [6.07, 6.45) is 9.24. The topological polar surface area (TPSA) is 120 Å². The first-order chi connectivity index (χ1) is 27.8. The number of methoxy groups -OCH3 is 2. The van der Waals surface area contributed by atoms with Crippen LogP contribution in [0, 0.1) is 6.92 Å². The van der Waals surface area contributed by atoms with Crippen LogP contribution in [0.3, 0.4) is 0 Å². The molecule has 0 radical (unpaired) electrons. The molecule has 8 rings (SSSR count). The van der Waals surface area contributed by atoms with Gasteiger partial charge in [-0.15, -0.1) is 6.58 Å². The Hall–Kier alpha value is -6.69. The first-order valence-electron chi connectivity index (χ1n) is 18.9. The van der Waals surface area contributed by atoms with Gasteiger partial charge in [0.15, 0.2) is 34.5 Å². The number of carbonyl (C=O) groups excluding carboxylic acids is 2. The number of aryl methyl sites for hydroxylation is 1. The molecule has 4 aromatic carbocycles. The van der Waals surface area contributed by atoms with Crippen LogP contribution < -0.4 is 33.7 Å². The number of amides is 2. The van der Waals surface area contributed by atoms with Gasteiger partial charge in [-0.05, 0) is 83.6 Å². The first kappa shape index (κ1) is 37.2. The van der Waals surface area contributed by atoms with Crippen molar-refractivity contribution >= 4 is 40.5 Å². The standard InChI is InChI=1S/C45H44N4O8/c1-6-33-17-31(29-10-13-38-42(19-29)57-26-56-38)25-48(33)44(50)35-20-39(52-4)41(16-27(35)2)54-14-7-15-55-43-22-37-36(21-40(43)53-5)45(51)49-24-30(18-34(49)23-47-37)28-8-11-32(46-3)12-9-28/h6,8-13,16,19-25,33-34,46H,1,7,14-15,17-18,26H2,2-5H3. The Morgan fingerprint density at radius 3 is 2.32 bits per heavy atom. The molecule has 12 heteroatoms. The average molecular weight is 769 g/mol. The van der Waals surface area contributed by atoms with Crippen LogP contribution in [0.5, 0.6) is 34.5 Å². The number of carbonyl (C=O) groups is 2. The van der Waals surface area contributed by atoms with E-state index in [2.05, 4.69) is 24.0 Å². The summed E-state index contributed by atoms with van der Waals surface area (Å²) in [7, 11) is 4.98. The Labute approximate surface area is 331 Å². The third-order valence-electron chi connectivity index (χ3n) is 10.6. The highest BCUT2D eigenvalue weighted by atomic mass is 16.7. The Bertz CT molecular complexity index is 2330. The third kappa shape index (κ3) is 7.26. The minimum absolute atomic E-state index is 0.145. The molecule has 4 heterocycles. The largest absolute Gasteiger partial charge is 0.493 e. The zero-order valence-corrected chi connectivity index (χ0v) is 32.4. The summed E-state index contributed by atoms with van der Waals surface area (Å²) in [5.74, 6) is 2.99. The van der Waals surface area contributed by atoms with E-state index in [1.165, 1.54) is 0 Å². The van der Waals surface area contributed by atoms with Crippen LogP contribution in [0.25, 0.3) is 11.1 Å². The molecule has 4 aromatic rings. The molecule has 2 atom stereocenters. The first-order valence-corrected chi connectivity index (χ1v) is 18.9. The van der Waals surface area contributed by atoms with Gasteiger partial charge in [0.1, 0.15) is 0 Å². The van der Waals surface area contributed by atoms with Crippen molar-refractivity contribution in [1.29, 1.82) is 0 Å². The molecule has 0 spiro atoms. The Morgan fingerprint density at radius 2 is 1.58 bits per heavy atom. The summed E-state index contributed by atoms with van der Waals surface area (Å²) in [6, 6.07) is 20.5. The fraction of sp³-hybridized carbons (Fsp3) is 0.267. The molecule has 1 N–H and O–H groups in total. The number of rotatable bonds is 13. The number of nitrogens with zero attached hydrogens (tertiary/aromatic N) is 3. The SMILES string of the molecule is C=CC1CC(c2ccc3c(c2)OCO3)=CN1C(=O)c1cc(OC)c(OCCCOc2cc3c(cc2OC)C(=O)N2C=C(c4ccc(NC)cc4)CC2C=N3)cc1C. The third-order valence-corrected chi connectivity index (χ3v) is 10.6. The number of nitrogens with one attached hydrogen (secondary N) is 1. The van der Waals surface area contributed by atoms with E-state index >= 15 is 0 Å². The fourth-order valence-corrected chi connectivity index (χ4v) is 7.48. The Balaban J connectivity index is 0.899. The van der Waals surface area contributed by atoms with Crippen LogP contribution in [-0.4, -0.2) is 81.2 Å². The van der Waals surface area contributed by atoms with Gasteiger partial charge < -0.3 is 43.5 Å². The second-order valence-corrected chi connectivity index (χ2v) is 14.1. The van der Waals surface area contributed by atoms with Gasteiger partial charge in [-0.1, -0.05) is 24.3 Å². The average Bonchev–Trinajstić information content (AvgIpc) is 3.99. The number of aliphatic imine (C=N–C) groups is 1. The lowest BCUT2D eigenvalue weighted by Crippen LogP contribution is -2.32. The predicted octanol–water partition coefficient (Wildman–Crippen LogP) is 8.04. The second kappa shape index (κ2) is 15.8. The molecule has 0 saturated carbocycles. The minimum atomic E-state index is -0.208. The van der Waals surface area contributed by atoms with E-state index in [0.717, 1.165) is 33.5 Å². The number of fused-ring (bicyclic) bond motifs is 3. The van der Waals surface area contributed by atoms with Crippen molar-refractivity contribution in [2.24, 2.45) is 4.99 Å². The van der Waals surface area contributed by atoms with Gasteiger partial charge in [-0.2, -0.15) is 0 Å². The molecule has 0 fully saturated rings. The zero-order chi connectivity index (χ0) is 39.6. The van der Waals surface area contributed by atoms with E-state index in [0.29, 0.717) is 83.8 Å². The highest BCUT2D eigenvalue weighted by Gasteiger charge is 2.34. The molecule has 2 amide bonds. The van der Waals surface area contributed by atoms with E-state index < -0.39 is 0 Å². The maximum absolute atomic E-state index is 14.0. The van der Waals surface area contributed by atoms with Crippen molar-refractivity contribution in [1.82, 2.24) is 9.80 Å². The smallest absolute Gasteiger partial charge is 0.260 e. The highest BCUT2D eigenvalue weighted by Crippen LogP contribution is 2.41. The van der Waals surface area contributed by atoms with E-state index in [9.17, 15) is 9.59 Å². The highest BCUT2D eigenvalue weighted by molar-refractivity contribution is 6.05. The predicted molar refractivity (Wildman–Crippen MR) is 218 cm³/mol. The molecule has 4 aliphatic heterocycles. The quantitative estimate of drug-likeness (QED) is 0.106. The van der Waals surface area contributed by atoms with E-state index in [4.69, 9.17) is 33.4 Å². The second-order valence-electron chi connectivity index (χ2n) is 14.1. The van der Waals surface area contributed by atoms with E-state index in [1.54, 1.807) is 48.3 Å². The van der Waals surface area contributed by atoms with E-state index in [-0.39, 0.29) is 30.7 Å². The van der Waals surface area contributed by atoms with Crippen LogP contribution in [0.1, 0.15) is 56.7 Å². The molecule has 0 aliphatic carbocycles. The molecule has 57 heavy (non-hydrogen) atoms. The number of hydrogen-bond donors (Lipinski definition) is 1. The molecular formula is C45H44N4O8. The molecule has 0 saturated heterocycles. The maximum atomic E-state index is 14.0. The van der Waals surface area contributed by atoms with Gasteiger partial charge >= 0.3 is 0 Å². The lowest BCUT2D eigenvalue weighted by molar-refractivity contribution is 0.0801. The van der Waals surface area contributed by atoms with Gasteiger partial charge in [-0.3, -0.25) is 14.6 Å². The molecular weight excluding hydrogens is 725 g/mol. The Kier molecular flexibility index (Phi) is 10.3. The van der Waals surface area contributed by atoms with Crippen LogP contribution in [-0.2, 0) is 0 Å². The van der Waals surface area contributed by atoms with Gasteiger partial charge in [0, 0.05) is 55.8 Å². The summed E-state index contributed by atoms with van der Waals surface area (Å²) >= 11 is 0. The van der Waals surface area contributed by atoms with Crippen LogP contribution >= 0.6 is 0 Å². The van der Waals surface area contributed by atoms with Crippen molar-refractivity contribution in [2.45, 2.75) is 38.3 Å². The molecule has 0 bridgehead atoms. The summed E-state index contributed by atoms with van der Waals surface area (Å²) in [4.78, 5) is 35.9. The fourth-order valence-electron chi connectivity index (χ4n) is 7.48. The van der Waals surface area contributed by atoms with E-state index in [1.807, 2.05) is 69.0 Å². The van der Waals surface area contributed by atoms with Crippen LogP contribution in [0.2, 0.25) is 0 Å². The van der Waals surface area contributed by atoms with Crippen molar-refractivity contribution in [3.05, 3.63) is 120 Å². The summed E-state index contributed by atoms with van der Waals surface area (Å²) in [6.45, 7) is 6.71. The summed E-state index contributed by atoms with van der Waals surface area (Å²) in [5.41, 5.74) is 7.36. The maximum Gasteiger partial charge on any atom is 0.260 e. The summed E-state index contributed by atoms with van der Waals surface area (Å²) < 4.78 is 34.6. The van der Waals surface area contributed by atoms with Gasteiger partial charge in [0.05, 0.1) is 50.8 Å². The van der Waals surface area contributed by atoms with Crippen LogP contribution in [0.15, 0.2) is 96.8 Å². The van der Waals surface area contributed by atoms with Gasteiger partial charge in [-0.25, -0.2) is 0 Å². The lowest BCUT2D eigenvalue weighted by Gasteiger charge is -2.22. The summed E-state index contributed by atoms with van der Waals surface area (Å²) in [5, 5.41) is 3.13. The minimum Gasteiger partial charge on any atom is -0.493 e. The Morgan fingerprint density at radius 1 is 0.877 bits per heavy atom. The number of anilines is 1. The molecule has 2 unspecified atom stereocenters. The van der Waals surface area contributed by atoms with Gasteiger partial charge in [0.2, 0.25) is 6.79 Å². The molecule has 12 nitrogen and oxygen atoms in total. The lowest BCUT2D eigenvalue weighted by atomic mass is 10.0.